The second kappa shape index (κ2) is 5.94. The molecule has 1 amide bonds. The number of hydrogen-bond donors (Lipinski definition) is 0. The standard InChI is InChI=1S/C16H21NO3/c1-17(16(18)14-6-7-19-10-14)9-15-8-12-4-2-3-5-13(12)11-20-15/h2-5,14-15H,6-11H2,1H3. The van der Waals surface area contributed by atoms with Crippen molar-refractivity contribution in [1.82, 2.24) is 4.90 Å². The van der Waals surface area contributed by atoms with Crippen LogP contribution >= 0.6 is 0 Å². The Balaban J connectivity index is 1.57. The molecule has 0 aliphatic carbocycles. The number of fused-ring (bicyclic) bond motifs is 1. The molecule has 20 heavy (non-hydrogen) atoms. The minimum Gasteiger partial charge on any atom is -0.381 e. The Labute approximate surface area is 119 Å². The molecule has 0 saturated carbocycles. The molecule has 1 aromatic carbocycles. The lowest BCUT2D eigenvalue weighted by molar-refractivity contribution is -0.136. The highest BCUT2D eigenvalue weighted by molar-refractivity contribution is 5.79. The highest BCUT2D eigenvalue weighted by Crippen LogP contribution is 2.21. The number of hydrogen-bond acceptors (Lipinski definition) is 3. The average molecular weight is 275 g/mol. The van der Waals surface area contributed by atoms with E-state index in [1.54, 1.807) is 4.90 Å². The van der Waals surface area contributed by atoms with Gasteiger partial charge in [-0.1, -0.05) is 24.3 Å². The van der Waals surface area contributed by atoms with Crippen molar-refractivity contribution in [1.29, 1.82) is 0 Å². The molecule has 2 atom stereocenters. The smallest absolute Gasteiger partial charge is 0.227 e. The van der Waals surface area contributed by atoms with Crippen LogP contribution in [0, 0.1) is 5.92 Å². The zero-order valence-electron chi connectivity index (χ0n) is 11.9. The fourth-order valence-electron chi connectivity index (χ4n) is 2.96. The van der Waals surface area contributed by atoms with Gasteiger partial charge in [-0.3, -0.25) is 4.79 Å². The predicted octanol–water partition coefficient (Wildman–Crippen LogP) is 1.62. The highest BCUT2D eigenvalue weighted by Gasteiger charge is 2.28. The first-order chi connectivity index (χ1) is 9.74. The van der Waals surface area contributed by atoms with Crippen LogP contribution < -0.4 is 0 Å². The Morgan fingerprint density at radius 1 is 1.35 bits per heavy atom. The van der Waals surface area contributed by atoms with E-state index in [0.29, 0.717) is 26.4 Å². The summed E-state index contributed by atoms with van der Waals surface area (Å²) < 4.78 is 11.1. The Kier molecular flexibility index (Phi) is 4.03. The number of carbonyl (C=O) groups excluding carboxylic acids is 1. The maximum Gasteiger partial charge on any atom is 0.227 e. The van der Waals surface area contributed by atoms with Crippen LogP contribution in [-0.2, 0) is 27.3 Å². The Hall–Kier alpha value is -1.39. The fourth-order valence-corrected chi connectivity index (χ4v) is 2.96. The third kappa shape index (κ3) is 2.86. The minimum absolute atomic E-state index is 0.0378. The lowest BCUT2D eigenvalue weighted by atomic mass is 9.98. The molecule has 1 aromatic rings. The van der Waals surface area contributed by atoms with Gasteiger partial charge in [-0.25, -0.2) is 0 Å². The van der Waals surface area contributed by atoms with E-state index in [9.17, 15) is 4.79 Å². The molecule has 0 radical (unpaired) electrons. The summed E-state index contributed by atoms with van der Waals surface area (Å²) in [5, 5.41) is 0. The van der Waals surface area contributed by atoms with Crippen LogP contribution in [0.5, 0.6) is 0 Å². The van der Waals surface area contributed by atoms with Gasteiger partial charge in [0, 0.05) is 26.6 Å². The van der Waals surface area contributed by atoms with Crippen LogP contribution in [0.1, 0.15) is 17.5 Å². The Morgan fingerprint density at radius 2 is 2.15 bits per heavy atom. The van der Waals surface area contributed by atoms with Crippen molar-refractivity contribution < 1.29 is 14.3 Å². The first-order valence-electron chi connectivity index (χ1n) is 7.25. The van der Waals surface area contributed by atoms with Gasteiger partial charge in [0.1, 0.15) is 0 Å². The molecule has 0 spiro atoms. The van der Waals surface area contributed by atoms with E-state index in [4.69, 9.17) is 9.47 Å². The maximum absolute atomic E-state index is 12.3. The van der Waals surface area contributed by atoms with Crippen LogP contribution in [0.3, 0.4) is 0 Å². The summed E-state index contributed by atoms with van der Waals surface area (Å²) in [5.74, 6) is 0.223. The number of ether oxygens (including phenoxy) is 2. The van der Waals surface area contributed by atoms with Crippen LogP contribution in [0.25, 0.3) is 0 Å². The molecule has 4 nitrogen and oxygen atoms in total. The summed E-state index contributed by atoms with van der Waals surface area (Å²) in [6.45, 7) is 2.58. The van der Waals surface area contributed by atoms with E-state index >= 15 is 0 Å². The quantitative estimate of drug-likeness (QED) is 0.841. The van der Waals surface area contributed by atoms with Crippen molar-refractivity contribution in [2.75, 3.05) is 26.8 Å². The molecule has 1 fully saturated rings. The van der Waals surface area contributed by atoms with E-state index in [1.807, 2.05) is 13.1 Å². The molecule has 2 aliphatic heterocycles. The van der Waals surface area contributed by atoms with Gasteiger partial charge in [0.25, 0.3) is 0 Å². The van der Waals surface area contributed by atoms with E-state index < -0.39 is 0 Å². The van der Waals surface area contributed by atoms with Crippen LogP contribution in [0.2, 0.25) is 0 Å². The summed E-state index contributed by atoms with van der Waals surface area (Å²) >= 11 is 0. The molecule has 1 saturated heterocycles. The SMILES string of the molecule is CN(CC1Cc2ccccc2CO1)C(=O)C1CCOC1. The zero-order chi connectivity index (χ0) is 13.9. The highest BCUT2D eigenvalue weighted by atomic mass is 16.5. The van der Waals surface area contributed by atoms with E-state index in [0.717, 1.165) is 12.8 Å². The van der Waals surface area contributed by atoms with Crippen molar-refractivity contribution in [2.45, 2.75) is 25.6 Å². The van der Waals surface area contributed by atoms with E-state index in [-0.39, 0.29) is 17.9 Å². The summed E-state index contributed by atoms with van der Waals surface area (Å²) in [4.78, 5) is 14.1. The normalized spacial score (nSPS) is 25.2. The predicted molar refractivity (Wildman–Crippen MR) is 75.3 cm³/mol. The summed E-state index contributed by atoms with van der Waals surface area (Å²) in [6.07, 6.45) is 1.83. The first kappa shape index (κ1) is 13.6. The van der Waals surface area contributed by atoms with Crippen LogP contribution in [0.4, 0.5) is 0 Å². The second-order valence-corrected chi connectivity index (χ2v) is 5.69. The monoisotopic (exact) mass is 275 g/mol. The molecule has 0 aromatic heterocycles. The van der Waals surface area contributed by atoms with Gasteiger partial charge in [0.05, 0.1) is 25.2 Å². The Morgan fingerprint density at radius 3 is 2.90 bits per heavy atom. The van der Waals surface area contributed by atoms with Gasteiger partial charge in [0.2, 0.25) is 5.91 Å². The lowest BCUT2D eigenvalue weighted by Crippen LogP contribution is -2.41. The second-order valence-electron chi connectivity index (χ2n) is 5.69. The van der Waals surface area contributed by atoms with Gasteiger partial charge < -0.3 is 14.4 Å². The molecule has 0 N–H and O–H groups in total. The van der Waals surface area contributed by atoms with E-state index in [2.05, 4.69) is 18.2 Å². The molecule has 0 bridgehead atoms. The van der Waals surface area contributed by atoms with Crippen LogP contribution in [-0.4, -0.2) is 43.7 Å². The van der Waals surface area contributed by atoms with Gasteiger partial charge in [0.15, 0.2) is 0 Å². The van der Waals surface area contributed by atoms with Gasteiger partial charge in [-0.15, -0.1) is 0 Å². The van der Waals surface area contributed by atoms with Crippen LogP contribution in [0.15, 0.2) is 24.3 Å². The largest absolute Gasteiger partial charge is 0.381 e. The van der Waals surface area contributed by atoms with Gasteiger partial charge >= 0.3 is 0 Å². The molecular formula is C16H21NO3. The van der Waals surface area contributed by atoms with Crippen molar-refractivity contribution >= 4 is 5.91 Å². The summed E-state index contributed by atoms with van der Waals surface area (Å²) in [5.41, 5.74) is 2.61. The molecule has 4 heteroatoms. The van der Waals surface area contributed by atoms with Crippen molar-refractivity contribution in [3.05, 3.63) is 35.4 Å². The molecule has 2 heterocycles. The van der Waals surface area contributed by atoms with Crippen molar-refractivity contribution in [3.63, 3.8) is 0 Å². The summed E-state index contributed by atoms with van der Waals surface area (Å²) in [6, 6.07) is 8.36. The third-order valence-corrected chi connectivity index (χ3v) is 4.17. The number of benzene rings is 1. The molecule has 108 valence electrons. The number of rotatable bonds is 3. The summed E-state index contributed by atoms with van der Waals surface area (Å²) in [7, 11) is 1.87. The Bertz CT molecular complexity index is 482. The topological polar surface area (TPSA) is 38.8 Å². The van der Waals surface area contributed by atoms with Crippen molar-refractivity contribution in [2.24, 2.45) is 5.92 Å². The molecule has 2 unspecified atom stereocenters. The van der Waals surface area contributed by atoms with Gasteiger partial charge in [-0.2, -0.15) is 0 Å². The first-order valence-corrected chi connectivity index (χ1v) is 7.25. The average Bonchev–Trinajstić information content (AvgIpc) is 3.00. The number of amides is 1. The number of likely N-dealkylation sites (N-methyl/N-ethyl adjacent to an activating group) is 1. The lowest BCUT2D eigenvalue weighted by Gasteiger charge is -2.30. The molecular weight excluding hydrogens is 254 g/mol. The fraction of sp³-hybridized carbons (Fsp3) is 0.562. The maximum atomic E-state index is 12.3. The number of nitrogens with zero attached hydrogens (tertiary/aromatic N) is 1. The van der Waals surface area contributed by atoms with Gasteiger partial charge in [-0.05, 0) is 17.5 Å². The minimum atomic E-state index is 0.0378. The molecule has 3 rings (SSSR count). The molecule has 2 aliphatic rings. The zero-order valence-corrected chi connectivity index (χ0v) is 11.9. The van der Waals surface area contributed by atoms with Crippen molar-refractivity contribution in [3.8, 4) is 0 Å². The number of carbonyl (C=O) groups is 1. The van der Waals surface area contributed by atoms with E-state index in [1.165, 1.54) is 11.1 Å². The third-order valence-electron chi connectivity index (χ3n) is 4.17.